The fourth-order valence-electron chi connectivity index (χ4n) is 1.81. The predicted octanol–water partition coefficient (Wildman–Crippen LogP) is 1.08. The van der Waals surface area contributed by atoms with Gasteiger partial charge in [0, 0.05) is 25.3 Å². The van der Waals surface area contributed by atoms with Crippen LogP contribution >= 0.6 is 0 Å². The van der Waals surface area contributed by atoms with E-state index < -0.39 is 0 Å². The number of hydrogen-bond acceptors (Lipinski definition) is 2. The number of rotatable bonds is 1. The van der Waals surface area contributed by atoms with Crippen molar-refractivity contribution >= 4 is 5.69 Å². The first-order valence-corrected chi connectivity index (χ1v) is 4.61. The van der Waals surface area contributed by atoms with Gasteiger partial charge >= 0.3 is 0 Å². The number of anilines is 1. The fraction of sp³-hybridized carbons (Fsp3) is 0.556. The molecule has 2 heterocycles. The second-order valence-corrected chi connectivity index (χ2v) is 3.53. The van der Waals surface area contributed by atoms with Crippen LogP contribution in [0.4, 0.5) is 10.1 Å². The molecular weight excluding hydrogens is 169 g/mol. The molecule has 1 saturated heterocycles. The van der Waals surface area contributed by atoms with Crippen molar-refractivity contribution < 1.29 is 4.39 Å². The Labute approximate surface area is 76.7 Å². The molecule has 0 spiro atoms. The van der Waals surface area contributed by atoms with Gasteiger partial charge in [-0.25, -0.2) is 0 Å². The number of H-pyrrole nitrogens is 1. The normalized spacial score (nSPS) is 23.5. The zero-order valence-corrected chi connectivity index (χ0v) is 7.46. The first-order valence-electron chi connectivity index (χ1n) is 4.61. The van der Waals surface area contributed by atoms with Crippen molar-refractivity contribution in [1.82, 2.24) is 4.98 Å². The summed E-state index contributed by atoms with van der Waals surface area (Å²) in [7, 11) is 0. The molecular formula is C9H14FN3. The highest BCUT2D eigenvalue weighted by Crippen LogP contribution is 2.21. The molecule has 1 fully saturated rings. The van der Waals surface area contributed by atoms with Gasteiger partial charge in [-0.15, -0.1) is 0 Å². The number of nitrogens with zero attached hydrogens (tertiary/aromatic N) is 1. The van der Waals surface area contributed by atoms with Crippen molar-refractivity contribution in [1.29, 1.82) is 0 Å². The third-order valence-electron chi connectivity index (χ3n) is 2.47. The summed E-state index contributed by atoms with van der Waals surface area (Å²) < 4.78 is 13.1. The smallest absolute Gasteiger partial charge is 0.214 e. The van der Waals surface area contributed by atoms with Crippen molar-refractivity contribution in [3.63, 3.8) is 0 Å². The molecule has 1 aliphatic heterocycles. The molecule has 0 bridgehead atoms. The van der Waals surface area contributed by atoms with Crippen LogP contribution in [0.15, 0.2) is 12.3 Å². The zero-order valence-electron chi connectivity index (χ0n) is 7.46. The van der Waals surface area contributed by atoms with E-state index in [9.17, 15) is 4.39 Å². The van der Waals surface area contributed by atoms with Crippen LogP contribution in [-0.4, -0.2) is 24.1 Å². The van der Waals surface area contributed by atoms with Gasteiger partial charge in [0.25, 0.3) is 0 Å². The Balaban J connectivity index is 2.12. The number of aromatic amines is 1. The number of hydrogen-bond donors (Lipinski definition) is 2. The van der Waals surface area contributed by atoms with Gasteiger partial charge in [0.15, 0.2) is 0 Å². The van der Waals surface area contributed by atoms with Crippen LogP contribution < -0.4 is 10.6 Å². The quantitative estimate of drug-likeness (QED) is 0.684. The molecule has 3 nitrogen and oxygen atoms in total. The van der Waals surface area contributed by atoms with E-state index in [0.29, 0.717) is 5.69 Å². The number of aromatic nitrogens is 1. The van der Waals surface area contributed by atoms with Gasteiger partial charge in [-0.1, -0.05) is 0 Å². The van der Waals surface area contributed by atoms with Crippen LogP contribution in [0.3, 0.4) is 0 Å². The summed E-state index contributed by atoms with van der Waals surface area (Å²) >= 11 is 0. The van der Waals surface area contributed by atoms with E-state index in [-0.39, 0.29) is 12.0 Å². The van der Waals surface area contributed by atoms with E-state index in [0.717, 1.165) is 25.9 Å². The summed E-state index contributed by atoms with van der Waals surface area (Å²) in [6.45, 7) is 1.66. The molecule has 2 rings (SSSR count). The van der Waals surface area contributed by atoms with Crippen molar-refractivity contribution in [2.24, 2.45) is 5.73 Å². The summed E-state index contributed by atoms with van der Waals surface area (Å²) in [5.74, 6) is -0.255. The van der Waals surface area contributed by atoms with Crippen molar-refractivity contribution in [3.8, 4) is 0 Å². The lowest BCUT2D eigenvalue weighted by Gasteiger charge is -2.31. The second-order valence-electron chi connectivity index (χ2n) is 3.53. The third-order valence-corrected chi connectivity index (χ3v) is 2.47. The molecule has 1 unspecified atom stereocenters. The van der Waals surface area contributed by atoms with E-state index >= 15 is 0 Å². The van der Waals surface area contributed by atoms with Crippen LogP contribution in [0.2, 0.25) is 0 Å². The monoisotopic (exact) mass is 183 g/mol. The zero-order chi connectivity index (χ0) is 9.26. The number of piperidine rings is 1. The average Bonchev–Trinajstić information content (AvgIpc) is 2.51. The Morgan fingerprint density at radius 2 is 2.46 bits per heavy atom. The molecule has 1 aromatic rings. The van der Waals surface area contributed by atoms with Crippen molar-refractivity contribution in [3.05, 3.63) is 18.2 Å². The van der Waals surface area contributed by atoms with E-state index in [1.807, 2.05) is 4.90 Å². The van der Waals surface area contributed by atoms with Gasteiger partial charge in [-0.05, 0) is 18.9 Å². The number of nitrogens with two attached hydrogens (primary N) is 1. The Bertz CT molecular complexity index is 284. The molecule has 0 saturated carbocycles. The fourth-order valence-corrected chi connectivity index (χ4v) is 1.81. The van der Waals surface area contributed by atoms with Crippen LogP contribution in [-0.2, 0) is 0 Å². The van der Waals surface area contributed by atoms with Crippen LogP contribution in [0.25, 0.3) is 0 Å². The minimum absolute atomic E-state index is 0.183. The average molecular weight is 183 g/mol. The number of nitrogens with one attached hydrogen (secondary N) is 1. The molecule has 13 heavy (non-hydrogen) atoms. The molecule has 0 amide bonds. The molecule has 1 aliphatic rings. The van der Waals surface area contributed by atoms with E-state index in [1.54, 1.807) is 12.3 Å². The highest BCUT2D eigenvalue weighted by atomic mass is 19.1. The second kappa shape index (κ2) is 3.38. The third kappa shape index (κ3) is 1.67. The molecule has 72 valence electrons. The minimum Gasteiger partial charge on any atom is -0.366 e. The molecule has 4 heteroatoms. The summed E-state index contributed by atoms with van der Waals surface area (Å²) in [6, 6.07) is 1.94. The molecule has 0 aliphatic carbocycles. The van der Waals surface area contributed by atoms with Crippen LogP contribution in [0.1, 0.15) is 12.8 Å². The van der Waals surface area contributed by atoms with Crippen molar-refractivity contribution in [2.75, 3.05) is 18.0 Å². The van der Waals surface area contributed by atoms with Gasteiger partial charge in [-0.2, -0.15) is 4.39 Å². The molecule has 0 aromatic carbocycles. The topological polar surface area (TPSA) is 45.0 Å². The lowest BCUT2D eigenvalue weighted by molar-refractivity contribution is 0.495. The van der Waals surface area contributed by atoms with Gasteiger partial charge in [0.2, 0.25) is 5.95 Å². The Morgan fingerprint density at radius 1 is 1.62 bits per heavy atom. The molecule has 0 radical (unpaired) electrons. The summed E-state index contributed by atoms with van der Waals surface area (Å²) in [5, 5.41) is 0. The van der Waals surface area contributed by atoms with Gasteiger partial charge < -0.3 is 15.6 Å². The highest BCUT2D eigenvalue weighted by Gasteiger charge is 2.19. The maximum atomic E-state index is 13.1. The predicted molar refractivity (Wildman–Crippen MR) is 50.2 cm³/mol. The Morgan fingerprint density at radius 3 is 3.08 bits per heavy atom. The molecule has 1 aromatic heterocycles. The SMILES string of the molecule is NC1CCCN(c2cc[nH]c2F)C1. The summed E-state index contributed by atoms with van der Waals surface area (Å²) in [4.78, 5) is 4.53. The lowest BCUT2D eigenvalue weighted by Crippen LogP contribution is -2.43. The van der Waals surface area contributed by atoms with E-state index in [2.05, 4.69) is 4.98 Å². The van der Waals surface area contributed by atoms with E-state index in [1.165, 1.54) is 0 Å². The first-order chi connectivity index (χ1) is 6.27. The van der Waals surface area contributed by atoms with E-state index in [4.69, 9.17) is 5.73 Å². The highest BCUT2D eigenvalue weighted by molar-refractivity contribution is 5.46. The maximum absolute atomic E-state index is 13.1. The van der Waals surface area contributed by atoms with Gasteiger partial charge in [0.1, 0.15) is 0 Å². The number of halogens is 1. The first kappa shape index (κ1) is 8.56. The largest absolute Gasteiger partial charge is 0.366 e. The maximum Gasteiger partial charge on any atom is 0.214 e. The minimum atomic E-state index is -0.255. The Kier molecular flexibility index (Phi) is 2.22. The summed E-state index contributed by atoms with van der Waals surface area (Å²) in [6.07, 6.45) is 3.71. The summed E-state index contributed by atoms with van der Waals surface area (Å²) in [5.41, 5.74) is 6.46. The lowest BCUT2D eigenvalue weighted by atomic mass is 10.1. The van der Waals surface area contributed by atoms with Crippen LogP contribution in [0, 0.1) is 5.95 Å². The Hall–Kier alpha value is -1.03. The van der Waals surface area contributed by atoms with Gasteiger partial charge in [0.05, 0.1) is 5.69 Å². The standard InChI is InChI=1S/C9H14FN3/c10-9-8(3-4-12-9)13-5-1-2-7(11)6-13/h3-4,7,12H,1-2,5-6,11H2. The molecule has 3 N–H and O–H groups in total. The van der Waals surface area contributed by atoms with Crippen LogP contribution in [0.5, 0.6) is 0 Å². The molecule has 1 atom stereocenters. The van der Waals surface area contributed by atoms with Gasteiger partial charge in [-0.3, -0.25) is 0 Å². The van der Waals surface area contributed by atoms with Crippen molar-refractivity contribution in [2.45, 2.75) is 18.9 Å².